The molecule has 0 bridgehead atoms. The summed E-state index contributed by atoms with van der Waals surface area (Å²) < 4.78 is 0. The number of carbonyl (C=O) groups excluding carboxylic acids is 1. The molecule has 0 atom stereocenters. The number of aliphatic imine (C=N–C) groups is 1. The fourth-order valence-electron chi connectivity index (χ4n) is 2.31. The fourth-order valence-corrected chi connectivity index (χ4v) is 2.31. The molecule has 1 aromatic carbocycles. The van der Waals surface area contributed by atoms with Gasteiger partial charge in [0.25, 0.3) is 0 Å². The Morgan fingerprint density at radius 3 is 2.68 bits per heavy atom. The second-order valence-electron chi connectivity index (χ2n) is 4.88. The molecule has 5 nitrogen and oxygen atoms in total. The van der Waals surface area contributed by atoms with Gasteiger partial charge in [0.2, 0.25) is 6.08 Å². The number of benzene rings is 1. The smallest absolute Gasteiger partial charge is 0.335 e. The van der Waals surface area contributed by atoms with Crippen LogP contribution in [0.3, 0.4) is 0 Å². The Balaban J connectivity index is 2.33. The molecule has 1 heterocycles. The zero-order valence-corrected chi connectivity index (χ0v) is 10.8. The maximum absolute atomic E-state index is 10.9. The van der Waals surface area contributed by atoms with Crippen LogP contribution in [0.4, 0.5) is 11.4 Å². The third-order valence-electron chi connectivity index (χ3n) is 3.51. The van der Waals surface area contributed by atoms with Gasteiger partial charge in [-0.3, -0.25) is 0 Å². The van der Waals surface area contributed by atoms with E-state index in [4.69, 9.17) is 5.11 Å². The summed E-state index contributed by atoms with van der Waals surface area (Å²) in [5.41, 5.74) is 1.31. The first-order valence-corrected chi connectivity index (χ1v) is 6.32. The van der Waals surface area contributed by atoms with E-state index in [1.165, 1.54) is 12.1 Å². The van der Waals surface area contributed by atoms with Gasteiger partial charge in [-0.2, -0.15) is 4.99 Å². The standard InChI is InChI=1S/C14H16N2O3/c1-10-4-6-16(7-5-10)13-3-2-11(14(18)19)8-12(13)15-9-17/h2-3,8,10H,4-7H2,1H3,(H,18,19). The van der Waals surface area contributed by atoms with Gasteiger partial charge in [-0.05, 0) is 37.0 Å². The molecule has 0 aliphatic carbocycles. The van der Waals surface area contributed by atoms with Gasteiger partial charge in [0, 0.05) is 13.1 Å². The van der Waals surface area contributed by atoms with E-state index in [0.717, 1.165) is 31.6 Å². The van der Waals surface area contributed by atoms with Crippen LogP contribution in [0.1, 0.15) is 30.1 Å². The van der Waals surface area contributed by atoms with Crippen LogP contribution in [-0.4, -0.2) is 30.2 Å². The highest BCUT2D eigenvalue weighted by Crippen LogP contribution is 2.32. The van der Waals surface area contributed by atoms with E-state index in [-0.39, 0.29) is 5.56 Å². The lowest BCUT2D eigenvalue weighted by Crippen LogP contribution is -2.32. The molecule has 5 heteroatoms. The average molecular weight is 260 g/mol. The number of aromatic carboxylic acids is 1. The second-order valence-corrected chi connectivity index (χ2v) is 4.88. The Hall–Kier alpha value is -2.13. The van der Waals surface area contributed by atoms with Crippen molar-refractivity contribution in [2.75, 3.05) is 18.0 Å². The van der Waals surface area contributed by atoms with Crippen molar-refractivity contribution in [2.24, 2.45) is 10.9 Å². The van der Waals surface area contributed by atoms with Crippen LogP contribution in [0.5, 0.6) is 0 Å². The first kappa shape index (κ1) is 13.3. The number of rotatable bonds is 3. The summed E-state index contributed by atoms with van der Waals surface area (Å²) in [6, 6.07) is 4.68. The summed E-state index contributed by atoms with van der Waals surface area (Å²) in [4.78, 5) is 27.2. The van der Waals surface area contributed by atoms with Crippen LogP contribution in [0.2, 0.25) is 0 Å². The monoisotopic (exact) mass is 260 g/mol. The van der Waals surface area contributed by atoms with Crippen LogP contribution in [0.15, 0.2) is 23.2 Å². The number of hydrogen-bond acceptors (Lipinski definition) is 4. The van der Waals surface area contributed by atoms with Crippen LogP contribution in [-0.2, 0) is 4.79 Å². The molecule has 100 valence electrons. The van der Waals surface area contributed by atoms with Crippen LogP contribution < -0.4 is 4.90 Å². The number of carboxylic acids is 1. The highest BCUT2D eigenvalue weighted by atomic mass is 16.4. The first-order valence-electron chi connectivity index (χ1n) is 6.32. The highest BCUT2D eigenvalue weighted by molar-refractivity contribution is 5.90. The maximum Gasteiger partial charge on any atom is 0.335 e. The molecule has 2 rings (SSSR count). The van der Waals surface area contributed by atoms with Crippen LogP contribution >= 0.6 is 0 Å². The lowest BCUT2D eigenvalue weighted by Gasteiger charge is -2.32. The van der Waals surface area contributed by atoms with Crippen molar-refractivity contribution in [1.82, 2.24) is 0 Å². The predicted octanol–water partition coefficient (Wildman–Crippen LogP) is 2.59. The topological polar surface area (TPSA) is 70.0 Å². The van der Waals surface area contributed by atoms with Gasteiger partial charge >= 0.3 is 5.97 Å². The second kappa shape index (κ2) is 5.67. The molecule has 1 aliphatic rings. The molecule has 0 saturated carbocycles. The van der Waals surface area contributed by atoms with Crippen LogP contribution in [0.25, 0.3) is 0 Å². The number of carbonyl (C=O) groups is 1. The molecule has 19 heavy (non-hydrogen) atoms. The molecule has 1 fully saturated rings. The number of hydrogen-bond donors (Lipinski definition) is 1. The van der Waals surface area contributed by atoms with E-state index >= 15 is 0 Å². The molecule has 0 spiro atoms. The summed E-state index contributed by atoms with van der Waals surface area (Å²) >= 11 is 0. The fraction of sp³-hybridized carbons (Fsp3) is 0.429. The van der Waals surface area contributed by atoms with Crippen LogP contribution in [0, 0.1) is 5.92 Å². The van der Waals surface area contributed by atoms with E-state index in [1.807, 2.05) is 0 Å². The van der Waals surface area contributed by atoms with Gasteiger partial charge in [-0.1, -0.05) is 6.92 Å². The molecular formula is C14H16N2O3. The minimum atomic E-state index is -1.03. The van der Waals surface area contributed by atoms with E-state index < -0.39 is 5.97 Å². The normalized spacial score (nSPS) is 15.9. The van der Waals surface area contributed by atoms with Crippen molar-refractivity contribution in [3.05, 3.63) is 23.8 Å². The van der Waals surface area contributed by atoms with Crippen molar-refractivity contribution in [2.45, 2.75) is 19.8 Å². The zero-order valence-electron chi connectivity index (χ0n) is 10.8. The third kappa shape index (κ3) is 3.01. The minimum Gasteiger partial charge on any atom is -0.478 e. The lowest BCUT2D eigenvalue weighted by molar-refractivity contribution is 0.0697. The molecule has 1 aliphatic heterocycles. The maximum atomic E-state index is 10.9. The van der Waals surface area contributed by atoms with E-state index in [2.05, 4.69) is 16.8 Å². The van der Waals surface area contributed by atoms with Gasteiger partial charge in [0.1, 0.15) is 5.69 Å². The van der Waals surface area contributed by atoms with Crippen molar-refractivity contribution in [1.29, 1.82) is 0 Å². The molecule has 1 aromatic rings. The Labute approximate surface area is 111 Å². The van der Waals surface area contributed by atoms with E-state index in [0.29, 0.717) is 11.6 Å². The quantitative estimate of drug-likeness (QED) is 0.670. The van der Waals surface area contributed by atoms with E-state index in [1.54, 1.807) is 12.1 Å². The lowest BCUT2D eigenvalue weighted by atomic mass is 9.98. The number of piperidine rings is 1. The molecule has 0 aromatic heterocycles. The molecule has 1 saturated heterocycles. The summed E-state index contributed by atoms with van der Waals surface area (Å²) in [5, 5.41) is 8.96. The minimum absolute atomic E-state index is 0.128. The average Bonchev–Trinajstić information content (AvgIpc) is 2.40. The molecule has 0 unspecified atom stereocenters. The number of nitrogens with zero attached hydrogens (tertiary/aromatic N) is 2. The Bertz CT molecular complexity index is 527. The van der Waals surface area contributed by atoms with Crippen molar-refractivity contribution < 1.29 is 14.7 Å². The number of carboxylic acid groups (broad SMARTS) is 1. The Morgan fingerprint density at radius 1 is 1.42 bits per heavy atom. The summed E-state index contributed by atoms with van der Waals surface area (Å²) in [6.45, 7) is 4.01. The van der Waals surface area contributed by atoms with Crippen molar-refractivity contribution in [3.8, 4) is 0 Å². The molecule has 1 N–H and O–H groups in total. The van der Waals surface area contributed by atoms with Gasteiger partial charge in [-0.25, -0.2) is 9.59 Å². The summed E-state index contributed by atoms with van der Waals surface area (Å²) in [6.07, 6.45) is 3.67. The van der Waals surface area contributed by atoms with Gasteiger partial charge in [-0.15, -0.1) is 0 Å². The van der Waals surface area contributed by atoms with Crippen molar-refractivity contribution >= 4 is 23.4 Å². The Morgan fingerprint density at radius 2 is 2.11 bits per heavy atom. The van der Waals surface area contributed by atoms with E-state index in [9.17, 15) is 9.59 Å². The highest BCUT2D eigenvalue weighted by Gasteiger charge is 2.19. The third-order valence-corrected chi connectivity index (χ3v) is 3.51. The zero-order chi connectivity index (χ0) is 13.8. The number of anilines is 1. The van der Waals surface area contributed by atoms with Crippen molar-refractivity contribution in [3.63, 3.8) is 0 Å². The molecular weight excluding hydrogens is 244 g/mol. The summed E-state index contributed by atoms with van der Waals surface area (Å²) in [5.74, 6) is -0.325. The summed E-state index contributed by atoms with van der Waals surface area (Å²) in [7, 11) is 0. The SMILES string of the molecule is CC1CCN(c2ccc(C(=O)O)cc2N=C=O)CC1. The molecule has 0 amide bonds. The van der Waals surface area contributed by atoms with Gasteiger partial charge < -0.3 is 10.0 Å². The Kier molecular flexibility index (Phi) is 3.97. The molecule has 0 radical (unpaired) electrons. The first-order chi connectivity index (χ1) is 9.11. The largest absolute Gasteiger partial charge is 0.478 e. The van der Waals surface area contributed by atoms with Gasteiger partial charge in [0.05, 0.1) is 11.3 Å². The predicted molar refractivity (Wildman–Crippen MR) is 71.8 cm³/mol. The van der Waals surface area contributed by atoms with Gasteiger partial charge in [0.15, 0.2) is 0 Å². The number of isocyanates is 1.